The predicted molar refractivity (Wildman–Crippen MR) is 117 cm³/mol. The van der Waals surface area contributed by atoms with Crippen LogP contribution in [-0.2, 0) is 14.3 Å². The van der Waals surface area contributed by atoms with Crippen LogP contribution in [0.5, 0.6) is 0 Å². The molecular formula is C24H28N2O5. The summed E-state index contributed by atoms with van der Waals surface area (Å²) in [6.45, 7) is 1.81. The third kappa shape index (κ3) is 5.42. The number of alkyl carbamates (subject to hydrolysis) is 1. The van der Waals surface area contributed by atoms with E-state index in [-0.39, 0.29) is 37.4 Å². The Bertz CT molecular complexity index is 913. The molecule has 1 aliphatic carbocycles. The molecule has 0 bridgehead atoms. The van der Waals surface area contributed by atoms with Crippen molar-refractivity contribution in [2.24, 2.45) is 0 Å². The maximum absolute atomic E-state index is 12.4. The van der Waals surface area contributed by atoms with Crippen LogP contribution in [0.3, 0.4) is 0 Å². The Kier molecular flexibility index (Phi) is 7.28. The highest BCUT2D eigenvalue weighted by atomic mass is 16.5. The monoisotopic (exact) mass is 424 g/mol. The van der Waals surface area contributed by atoms with Gasteiger partial charge in [0.2, 0.25) is 5.91 Å². The first kappa shape index (κ1) is 22.3. The van der Waals surface area contributed by atoms with Gasteiger partial charge in [-0.2, -0.15) is 0 Å². The number of likely N-dealkylation sites (N-methyl/N-ethyl adjacent to an activating group) is 1. The summed E-state index contributed by atoms with van der Waals surface area (Å²) in [5.74, 6) is -1.33. The molecule has 0 aromatic heterocycles. The van der Waals surface area contributed by atoms with Crippen molar-refractivity contribution in [3.05, 3.63) is 59.7 Å². The Morgan fingerprint density at radius 2 is 1.65 bits per heavy atom. The Labute approximate surface area is 182 Å². The van der Waals surface area contributed by atoms with Gasteiger partial charge in [0, 0.05) is 25.4 Å². The normalized spacial score (nSPS) is 13.1. The number of carbonyl (C=O) groups excluding carboxylic acids is 2. The van der Waals surface area contributed by atoms with Gasteiger partial charge in [-0.3, -0.25) is 9.59 Å². The lowest BCUT2D eigenvalue weighted by molar-refractivity contribution is -0.143. The van der Waals surface area contributed by atoms with Crippen molar-refractivity contribution >= 4 is 18.0 Å². The van der Waals surface area contributed by atoms with E-state index in [1.54, 1.807) is 0 Å². The molecule has 1 unspecified atom stereocenters. The van der Waals surface area contributed by atoms with Gasteiger partial charge < -0.3 is 20.1 Å². The Morgan fingerprint density at radius 1 is 1.06 bits per heavy atom. The first-order valence-corrected chi connectivity index (χ1v) is 10.5. The van der Waals surface area contributed by atoms with Gasteiger partial charge in [-0.25, -0.2) is 4.79 Å². The van der Waals surface area contributed by atoms with Gasteiger partial charge in [-0.1, -0.05) is 55.5 Å². The standard InChI is InChI=1S/C24H28N2O5/c1-3-16(12-13-22(27)26(2)14-23(28)29)25-24(30)31-15-21-19-10-6-4-8-17(19)18-9-5-7-11-20(18)21/h4-11,16,21H,3,12-15H2,1-2H3,(H,25,30)(H,28,29). The second-order valence-electron chi connectivity index (χ2n) is 7.76. The highest BCUT2D eigenvalue weighted by Crippen LogP contribution is 2.44. The fourth-order valence-electron chi connectivity index (χ4n) is 3.96. The summed E-state index contributed by atoms with van der Waals surface area (Å²) in [6, 6.07) is 16.1. The molecule has 0 heterocycles. The number of rotatable bonds is 9. The smallest absolute Gasteiger partial charge is 0.407 e. The number of hydrogen-bond acceptors (Lipinski definition) is 4. The fourth-order valence-corrected chi connectivity index (χ4v) is 3.96. The maximum Gasteiger partial charge on any atom is 0.407 e. The number of nitrogens with zero attached hydrogens (tertiary/aromatic N) is 1. The minimum Gasteiger partial charge on any atom is -0.480 e. The van der Waals surface area contributed by atoms with Crippen LogP contribution >= 0.6 is 0 Å². The van der Waals surface area contributed by atoms with Crippen LogP contribution in [0.4, 0.5) is 4.79 Å². The lowest BCUT2D eigenvalue weighted by atomic mass is 9.98. The number of hydrogen-bond donors (Lipinski definition) is 2. The fraction of sp³-hybridized carbons (Fsp3) is 0.375. The number of carboxylic acids is 1. The topological polar surface area (TPSA) is 95.9 Å². The van der Waals surface area contributed by atoms with Gasteiger partial charge >= 0.3 is 12.1 Å². The molecule has 0 saturated carbocycles. The van der Waals surface area contributed by atoms with Crippen molar-refractivity contribution in [2.75, 3.05) is 20.2 Å². The minimum absolute atomic E-state index is 0.00975. The molecule has 164 valence electrons. The van der Waals surface area contributed by atoms with Crippen molar-refractivity contribution in [3.63, 3.8) is 0 Å². The molecule has 2 N–H and O–H groups in total. The number of ether oxygens (including phenoxy) is 1. The average Bonchev–Trinajstić information content (AvgIpc) is 3.08. The molecule has 0 spiro atoms. The second kappa shape index (κ2) is 10.1. The largest absolute Gasteiger partial charge is 0.480 e. The summed E-state index contributed by atoms with van der Waals surface area (Å²) in [5, 5.41) is 11.6. The van der Waals surface area contributed by atoms with E-state index in [0.29, 0.717) is 12.8 Å². The van der Waals surface area contributed by atoms with Gasteiger partial charge in [0.25, 0.3) is 0 Å². The molecule has 3 rings (SSSR count). The molecule has 0 aliphatic heterocycles. The zero-order valence-corrected chi connectivity index (χ0v) is 17.8. The van der Waals surface area contributed by atoms with Crippen molar-refractivity contribution in [1.82, 2.24) is 10.2 Å². The molecule has 7 nitrogen and oxygen atoms in total. The van der Waals surface area contributed by atoms with Crippen LogP contribution in [0.1, 0.15) is 43.2 Å². The number of carbonyl (C=O) groups is 3. The molecule has 2 aromatic carbocycles. The van der Waals surface area contributed by atoms with Gasteiger partial charge in [-0.05, 0) is 35.1 Å². The summed E-state index contributed by atoms with van der Waals surface area (Å²) in [7, 11) is 1.45. The molecule has 2 aromatic rings. The van der Waals surface area contributed by atoms with Crippen molar-refractivity contribution in [1.29, 1.82) is 0 Å². The molecule has 1 aliphatic rings. The van der Waals surface area contributed by atoms with Crippen LogP contribution < -0.4 is 5.32 Å². The van der Waals surface area contributed by atoms with E-state index in [9.17, 15) is 14.4 Å². The quantitative estimate of drug-likeness (QED) is 0.641. The van der Waals surface area contributed by atoms with E-state index in [4.69, 9.17) is 9.84 Å². The summed E-state index contributed by atoms with van der Waals surface area (Å²) < 4.78 is 5.56. The molecule has 2 amide bonds. The third-order valence-electron chi connectivity index (χ3n) is 5.66. The van der Waals surface area contributed by atoms with Gasteiger partial charge in [-0.15, -0.1) is 0 Å². The molecule has 0 radical (unpaired) electrons. The van der Waals surface area contributed by atoms with Gasteiger partial charge in [0.1, 0.15) is 13.2 Å². The molecular weight excluding hydrogens is 396 g/mol. The Hall–Kier alpha value is -3.35. The van der Waals surface area contributed by atoms with E-state index >= 15 is 0 Å². The number of aliphatic carboxylic acids is 1. The lowest BCUT2D eigenvalue weighted by Gasteiger charge is -2.20. The Balaban J connectivity index is 1.54. The van der Waals surface area contributed by atoms with Gasteiger partial charge in [0.15, 0.2) is 0 Å². The SMILES string of the molecule is CCC(CCC(=O)N(C)CC(=O)O)NC(=O)OCC1c2ccccc2-c2ccccc21. The average molecular weight is 424 g/mol. The molecule has 1 atom stereocenters. The molecule has 0 saturated heterocycles. The van der Waals surface area contributed by atoms with Crippen LogP contribution in [0, 0.1) is 0 Å². The van der Waals surface area contributed by atoms with E-state index in [2.05, 4.69) is 29.6 Å². The van der Waals surface area contributed by atoms with Crippen LogP contribution in [0.15, 0.2) is 48.5 Å². The number of nitrogens with one attached hydrogen (secondary N) is 1. The minimum atomic E-state index is -1.06. The molecule has 7 heteroatoms. The first-order chi connectivity index (χ1) is 14.9. The zero-order valence-electron chi connectivity index (χ0n) is 17.8. The number of amides is 2. The lowest BCUT2D eigenvalue weighted by Crippen LogP contribution is -2.37. The van der Waals surface area contributed by atoms with Gasteiger partial charge in [0.05, 0.1) is 0 Å². The number of carboxylic acid groups (broad SMARTS) is 1. The Morgan fingerprint density at radius 3 is 2.19 bits per heavy atom. The van der Waals surface area contributed by atoms with Crippen molar-refractivity contribution < 1.29 is 24.2 Å². The number of fused-ring (bicyclic) bond motifs is 3. The van der Waals surface area contributed by atoms with E-state index in [1.807, 2.05) is 31.2 Å². The van der Waals surface area contributed by atoms with E-state index in [0.717, 1.165) is 11.1 Å². The number of benzene rings is 2. The third-order valence-corrected chi connectivity index (χ3v) is 5.66. The highest BCUT2D eigenvalue weighted by molar-refractivity contribution is 5.81. The van der Waals surface area contributed by atoms with Crippen LogP contribution in [-0.4, -0.2) is 54.2 Å². The van der Waals surface area contributed by atoms with Crippen molar-refractivity contribution in [2.45, 2.75) is 38.1 Å². The van der Waals surface area contributed by atoms with Crippen molar-refractivity contribution in [3.8, 4) is 11.1 Å². The molecule has 0 fully saturated rings. The predicted octanol–water partition coefficient (Wildman–Crippen LogP) is 3.63. The van der Waals surface area contributed by atoms with E-state index < -0.39 is 12.1 Å². The summed E-state index contributed by atoms with van der Waals surface area (Å²) in [4.78, 5) is 36.3. The first-order valence-electron chi connectivity index (χ1n) is 10.5. The molecule has 31 heavy (non-hydrogen) atoms. The van der Waals surface area contributed by atoms with E-state index in [1.165, 1.54) is 23.1 Å². The van der Waals surface area contributed by atoms with Crippen LogP contribution in [0.25, 0.3) is 11.1 Å². The zero-order chi connectivity index (χ0) is 22.4. The summed E-state index contributed by atoms with van der Waals surface area (Å²) in [5.41, 5.74) is 4.64. The maximum atomic E-state index is 12.4. The summed E-state index contributed by atoms with van der Waals surface area (Å²) >= 11 is 0. The van der Waals surface area contributed by atoms with Crippen LogP contribution in [0.2, 0.25) is 0 Å². The second-order valence-corrected chi connectivity index (χ2v) is 7.76. The highest BCUT2D eigenvalue weighted by Gasteiger charge is 2.29. The summed E-state index contributed by atoms with van der Waals surface area (Å²) in [6.07, 6.45) is 0.704.